The smallest absolute Gasteiger partial charge is 0.175 e. The molecule has 0 saturated carbocycles. The van der Waals surface area contributed by atoms with Gasteiger partial charge in [0.15, 0.2) is 9.84 Å². The van der Waals surface area contributed by atoms with Gasteiger partial charge in [-0.15, -0.1) is 0 Å². The van der Waals surface area contributed by atoms with Crippen LogP contribution in [0.3, 0.4) is 0 Å². The van der Waals surface area contributed by atoms with E-state index in [1.165, 1.54) is 45.0 Å². The van der Waals surface area contributed by atoms with Gasteiger partial charge in [-0.1, -0.05) is 12.1 Å². The topological polar surface area (TPSA) is 40.6 Å². The first kappa shape index (κ1) is 18.9. The third kappa shape index (κ3) is 4.63. The Kier molecular flexibility index (Phi) is 5.57. The molecule has 0 radical (unpaired) electrons. The van der Waals surface area contributed by atoms with Gasteiger partial charge in [-0.05, 0) is 88.8 Å². The first-order valence-electron chi connectivity index (χ1n) is 9.53. The summed E-state index contributed by atoms with van der Waals surface area (Å²) in [5.41, 5.74) is 1.66. The third-order valence-electron chi connectivity index (χ3n) is 6.24. The summed E-state index contributed by atoms with van der Waals surface area (Å²) in [7, 11) is -3.12. The highest BCUT2D eigenvalue weighted by atomic mass is 32.2. The summed E-state index contributed by atoms with van der Waals surface area (Å²) < 4.78 is 23.5. The largest absolute Gasteiger partial charge is 0.301 e. The SMILES string of the molecule is CC(C)N1CCC2(CCN(Cc3cccc(S(C)(=O)=O)c3)CC2)CC1. The molecule has 2 heterocycles. The van der Waals surface area contributed by atoms with Crippen molar-refractivity contribution in [2.24, 2.45) is 5.41 Å². The molecule has 1 aromatic rings. The highest BCUT2D eigenvalue weighted by molar-refractivity contribution is 7.90. The van der Waals surface area contributed by atoms with E-state index in [0.717, 1.165) is 25.2 Å². The molecule has 2 aliphatic heterocycles. The molecule has 0 atom stereocenters. The summed E-state index contributed by atoms with van der Waals surface area (Å²) in [4.78, 5) is 5.52. The number of hydrogen-bond donors (Lipinski definition) is 0. The number of hydrogen-bond acceptors (Lipinski definition) is 4. The lowest BCUT2D eigenvalue weighted by Crippen LogP contribution is -2.48. The van der Waals surface area contributed by atoms with Crippen LogP contribution in [0.4, 0.5) is 0 Å². The van der Waals surface area contributed by atoms with Gasteiger partial charge >= 0.3 is 0 Å². The van der Waals surface area contributed by atoms with Crippen LogP contribution in [0, 0.1) is 5.41 Å². The van der Waals surface area contributed by atoms with Crippen LogP contribution in [-0.2, 0) is 16.4 Å². The van der Waals surface area contributed by atoms with E-state index < -0.39 is 9.84 Å². The Hall–Kier alpha value is -0.910. The standard InChI is InChI=1S/C20H32N2O2S/c1-17(2)22-13-9-20(10-14-22)7-11-21(12-8-20)16-18-5-4-6-19(15-18)25(3,23)24/h4-6,15,17H,7-14,16H2,1-3H3. The fourth-order valence-corrected chi connectivity index (χ4v) is 5.02. The van der Waals surface area contributed by atoms with Crippen LogP contribution in [0.2, 0.25) is 0 Å². The zero-order valence-corrected chi connectivity index (χ0v) is 16.7. The molecule has 0 bridgehead atoms. The summed E-state index contributed by atoms with van der Waals surface area (Å²) in [5, 5.41) is 0. The minimum Gasteiger partial charge on any atom is -0.301 e. The molecule has 1 spiro atoms. The van der Waals surface area contributed by atoms with Crippen molar-refractivity contribution in [1.29, 1.82) is 0 Å². The second kappa shape index (κ2) is 7.37. The van der Waals surface area contributed by atoms with Crippen LogP contribution >= 0.6 is 0 Å². The van der Waals surface area contributed by atoms with E-state index in [1.54, 1.807) is 6.07 Å². The molecule has 2 fully saturated rings. The van der Waals surface area contributed by atoms with Crippen molar-refractivity contribution in [3.63, 3.8) is 0 Å². The van der Waals surface area contributed by atoms with E-state index in [4.69, 9.17) is 0 Å². The van der Waals surface area contributed by atoms with E-state index in [1.807, 2.05) is 18.2 Å². The first-order chi connectivity index (χ1) is 11.8. The second-order valence-electron chi connectivity index (χ2n) is 8.33. The molecule has 0 N–H and O–H groups in total. The van der Waals surface area contributed by atoms with Gasteiger partial charge in [0.25, 0.3) is 0 Å². The number of benzene rings is 1. The van der Waals surface area contributed by atoms with Gasteiger partial charge in [0.1, 0.15) is 0 Å². The molecule has 2 saturated heterocycles. The van der Waals surface area contributed by atoms with Crippen molar-refractivity contribution in [2.45, 2.75) is 57.0 Å². The second-order valence-corrected chi connectivity index (χ2v) is 10.3. The molecular formula is C20H32N2O2S. The molecule has 0 unspecified atom stereocenters. The van der Waals surface area contributed by atoms with Gasteiger partial charge in [0, 0.05) is 18.8 Å². The predicted molar refractivity (Wildman–Crippen MR) is 102 cm³/mol. The first-order valence-corrected chi connectivity index (χ1v) is 11.4. The van der Waals surface area contributed by atoms with E-state index in [0.29, 0.717) is 16.4 Å². The molecule has 0 aliphatic carbocycles. The maximum atomic E-state index is 11.7. The fraction of sp³-hybridized carbons (Fsp3) is 0.700. The molecule has 0 aromatic heterocycles. The predicted octanol–water partition coefficient (Wildman–Crippen LogP) is 3.18. The van der Waals surface area contributed by atoms with Crippen molar-refractivity contribution in [3.8, 4) is 0 Å². The van der Waals surface area contributed by atoms with Crippen molar-refractivity contribution >= 4 is 9.84 Å². The van der Waals surface area contributed by atoms with Crippen molar-refractivity contribution in [1.82, 2.24) is 9.80 Å². The van der Waals surface area contributed by atoms with Crippen molar-refractivity contribution in [2.75, 3.05) is 32.4 Å². The normalized spacial score (nSPS) is 22.6. The van der Waals surface area contributed by atoms with Crippen LogP contribution in [0.1, 0.15) is 45.1 Å². The van der Waals surface area contributed by atoms with Crippen LogP contribution in [0.5, 0.6) is 0 Å². The van der Waals surface area contributed by atoms with Gasteiger partial charge in [0.2, 0.25) is 0 Å². The van der Waals surface area contributed by atoms with Gasteiger partial charge in [-0.25, -0.2) is 8.42 Å². The fourth-order valence-electron chi connectivity index (χ4n) is 4.33. The van der Waals surface area contributed by atoms with Crippen molar-refractivity contribution < 1.29 is 8.42 Å². The maximum absolute atomic E-state index is 11.7. The van der Waals surface area contributed by atoms with Crippen molar-refractivity contribution in [3.05, 3.63) is 29.8 Å². The Balaban J connectivity index is 1.55. The average molecular weight is 365 g/mol. The number of piperidine rings is 2. The number of sulfone groups is 1. The van der Waals surface area contributed by atoms with Crippen LogP contribution in [0.25, 0.3) is 0 Å². The monoisotopic (exact) mass is 364 g/mol. The van der Waals surface area contributed by atoms with E-state index >= 15 is 0 Å². The molecule has 25 heavy (non-hydrogen) atoms. The summed E-state index contributed by atoms with van der Waals surface area (Å²) in [6, 6.07) is 8.09. The van der Waals surface area contributed by atoms with Gasteiger partial charge in [-0.3, -0.25) is 4.90 Å². The lowest BCUT2D eigenvalue weighted by Gasteiger charge is -2.47. The highest BCUT2D eigenvalue weighted by Crippen LogP contribution is 2.41. The molecule has 5 heteroatoms. The third-order valence-corrected chi connectivity index (χ3v) is 7.35. The van der Waals surface area contributed by atoms with E-state index in [2.05, 4.69) is 23.6 Å². The lowest BCUT2D eigenvalue weighted by atomic mass is 9.71. The summed E-state index contributed by atoms with van der Waals surface area (Å²) in [6.45, 7) is 10.2. The summed E-state index contributed by atoms with van der Waals surface area (Å²) in [6.07, 6.45) is 6.51. The molecule has 0 amide bonds. The molecule has 1 aromatic carbocycles. The van der Waals surface area contributed by atoms with E-state index in [9.17, 15) is 8.42 Å². The molecule has 140 valence electrons. The molecule has 3 rings (SSSR count). The highest BCUT2D eigenvalue weighted by Gasteiger charge is 2.37. The molecule has 4 nitrogen and oxygen atoms in total. The minimum atomic E-state index is -3.12. The number of nitrogens with zero attached hydrogens (tertiary/aromatic N) is 2. The summed E-state index contributed by atoms with van der Waals surface area (Å²) in [5.74, 6) is 0. The Morgan fingerprint density at radius 2 is 1.64 bits per heavy atom. The minimum absolute atomic E-state index is 0.430. The lowest BCUT2D eigenvalue weighted by molar-refractivity contribution is 0.0230. The number of rotatable bonds is 4. The Morgan fingerprint density at radius 1 is 1.04 bits per heavy atom. The van der Waals surface area contributed by atoms with Gasteiger partial charge in [-0.2, -0.15) is 0 Å². The summed E-state index contributed by atoms with van der Waals surface area (Å²) >= 11 is 0. The molecular weight excluding hydrogens is 332 g/mol. The Bertz CT molecular complexity index is 681. The molecule has 2 aliphatic rings. The Morgan fingerprint density at radius 3 is 2.20 bits per heavy atom. The van der Waals surface area contributed by atoms with Crippen LogP contribution in [0.15, 0.2) is 29.2 Å². The maximum Gasteiger partial charge on any atom is 0.175 e. The zero-order chi connectivity index (χ0) is 18.1. The zero-order valence-electron chi connectivity index (χ0n) is 15.9. The van der Waals surface area contributed by atoms with Crippen LogP contribution in [-0.4, -0.2) is 56.7 Å². The quantitative estimate of drug-likeness (QED) is 0.823. The van der Waals surface area contributed by atoms with Crippen LogP contribution < -0.4 is 0 Å². The Labute approximate surface area is 153 Å². The average Bonchev–Trinajstić information content (AvgIpc) is 2.57. The van der Waals surface area contributed by atoms with E-state index in [-0.39, 0.29) is 0 Å². The van der Waals surface area contributed by atoms with Gasteiger partial charge < -0.3 is 4.90 Å². The van der Waals surface area contributed by atoms with Gasteiger partial charge in [0.05, 0.1) is 4.90 Å². The number of likely N-dealkylation sites (tertiary alicyclic amines) is 2.